The predicted molar refractivity (Wildman–Crippen MR) is 109 cm³/mol. The van der Waals surface area contributed by atoms with Gasteiger partial charge in [0.2, 0.25) is 5.65 Å². The van der Waals surface area contributed by atoms with E-state index in [2.05, 4.69) is 16.3 Å². The van der Waals surface area contributed by atoms with Gasteiger partial charge in [-0.1, -0.05) is 47.6 Å². The lowest BCUT2D eigenvalue weighted by molar-refractivity contribution is 0.892. The van der Waals surface area contributed by atoms with Crippen LogP contribution in [0.2, 0.25) is 5.02 Å². The third kappa shape index (κ3) is 3.50. The first-order valence-corrected chi connectivity index (χ1v) is 9.80. The quantitative estimate of drug-likeness (QED) is 0.478. The van der Waals surface area contributed by atoms with Gasteiger partial charge in [-0.2, -0.15) is 0 Å². The summed E-state index contributed by atoms with van der Waals surface area (Å²) in [6.07, 6.45) is 3.58. The van der Waals surface area contributed by atoms with E-state index in [0.717, 1.165) is 27.4 Å². The van der Waals surface area contributed by atoms with Crippen molar-refractivity contribution in [1.82, 2.24) is 19.2 Å². The largest absolute Gasteiger partial charge is 0.300 e. The van der Waals surface area contributed by atoms with Crippen LogP contribution < -0.4 is 5.56 Å². The van der Waals surface area contributed by atoms with Gasteiger partial charge in [-0.15, -0.1) is 10.2 Å². The molecule has 0 aliphatic heterocycles. The van der Waals surface area contributed by atoms with Gasteiger partial charge >= 0.3 is 5.56 Å². The van der Waals surface area contributed by atoms with E-state index in [9.17, 15) is 4.79 Å². The van der Waals surface area contributed by atoms with Gasteiger partial charge < -0.3 is 0 Å². The van der Waals surface area contributed by atoms with Crippen molar-refractivity contribution in [1.29, 1.82) is 0 Å². The summed E-state index contributed by atoms with van der Waals surface area (Å²) in [7, 11) is 0. The Bertz CT molecular complexity index is 1180. The molecule has 0 aliphatic rings. The Morgan fingerprint density at radius 1 is 1.04 bits per heavy atom. The lowest BCUT2D eigenvalue weighted by atomic mass is 10.1. The van der Waals surface area contributed by atoms with E-state index in [4.69, 9.17) is 11.6 Å². The molecule has 2 heterocycles. The van der Waals surface area contributed by atoms with Crippen molar-refractivity contribution in [3.63, 3.8) is 0 Å². The van der Waals surface area contributed by atoms with E-state index in [1.54, 1.807) is 15.2 Å². The topological polar surface area (TPSA) is 52.2 Å². The van der Waals surface area contributed by atoms with Crippen LogP contribution in [0.1, 0.15) is 16.7 Å². The number of rotatable bonds is 4. The molecule has 0 saturated heterocycles. The molecule has 2 aromatic carbocycles. The molecule has 27 heavy (non-hydrogen) atoms. The lowest BCUT2D eigenvalue weighted by Gasteiger charge is -2.09. The van der Waals surface area contributed by atoms with Crippen molar-refractivity contribution < 1.29 is 0 Å². The number of thioether (sulfide) groups is 1. The van der Waals surface area contributed by atoms with Crippen LogP contribution >= 0.6 is 23.4 Å². The zero-order valence-electron chi connectivity index (χ0n) is 14.9. The number of hydrogen-bond donors (Lipinski definition) is 0. The minimum absolute atomic E-state index is 0.195. The molecular formula is C20H17ClN4OS. The highest BCUT2D eigenvalue weighted by molar-refractivity contribution is 7.98. The van der Waals surface area contributed by atoms with Crippen LogP contribution in [0.15, 0.2) is 64.8 Å². The van der Waals surface area contributed by atoms with E-state index < -0.39 is 0 Å². The first-order valence-electron chi connectivity index (χ1n) is 8.44. The molecule has 0 radical (unpaired) electrons. The summed E-state index contributed by atoms with van der Waals surface area (Å²) in [5.74, 6) is 0.653. The van der Waals surface area contributed by atoms with Crippen LogP contribution in [-0.4, -0.2) is 19.2 Å². The third-order valence-corrected chi connectivity index (χ3v) is 5.60. The lowest BCUT2D eigenvalue weighted by Crippen LogP contribution is -2.20. The van der Waals surface area contributed by atoms with Crippen molar-refractivity contribution in [2.45, 2.75) is 24.8 Å². The van der Waals surface area contributed by atoms with E-state index in [-0.39, 0.29) is 5.56 Å². The number of aromatic nitrogens is 4. The average molecular weight is 397 g/mol. The van der Waals surface area contributed by atoms with E-state index in [1.807, 2.05) is 56.4 Å². The molecule has 0 atom stereocenters. The molecule has 0 spiro atoms. The van der Waals surface area contributed by atoms with Gasteiger partial charge in [0, 0.05) is 28.9 Å². The summed E-state index contributed by atoms with van der Waals surface area (Å²) >= 11 is 7.71. The summed E-state index contributed by atoms with van der Waals surface area (Å²) in [6.45, 7) is 4.03. The maximum absolute atomic E-state index is 12.9. The molecule has 0 unspecified atom stereocenters. The number of nitrogens with zero attached hydrogens (tertiary/aromatic N) is 4. The summed E-state index contributed by atoms with van der Waals surface area (Å²) < 4.78 is 3.33. The number of fused-ring (bicyclic) bond motifs is 1. The monoisotopic (exact) mass is 396 g/mol. The fourth-order valence-electron chi connectivity index (χ4n) is 3.02. The molecule has 0 aliphatic carbocycles. The van der Waals surface area contributed by atoms with Gasteiger partial charge in [0.15, 0.2) is 5.16 Å². The Balaban J connectivity index is 1.69. The maximum atomic E-state index is 12.9. The van der Waals surface area contributed by atoms with Crippen LogP contribution in [0.3, 0.4) is 0 Å². The SMILES string of the molecule is Cc1cc(C)cc(-n2ccn3c(SCc4ccccc4Cl)nnc3c2=O)c1. The molecule has 0 fully saturated rings. The second-order valence-electron chi connectivity index (χ2n) is 6.38. The summed E-state index contributed by atoms with van der Waals surface area (Å²) in [4.78, 5) is 12.9. The molecule has 0 bridgehead atoms. The van der Waals surface area contributed by atoms with Crippen molar-refractivity contribution in [2.75, 3.05) is 0 Å². The Labute approximate surface area is 165 Å². The summed E-state index contributed by atoms with van der Waals surface area (Å²) in [5, 5.41) is 9.68. The minimum Gasteiger partial charge on any atom is -0.280 e. The van der Waals surface area contributed by atoms with Gasteiger partial charge in [-0.3, -0.25) is 13.8 Å². The zero-order valence-corrected chi connectivity index (χ0v) is 16.5. The Kier molecular flexibility index (Phi) is 4.76. The fraction of sp³-hybridized carbons (Fsp3) is 0.150. The van der Waals surface area contributed by atoms with Crippen LogP contribution in [0.5, 0.6) is 0 Å². The van der Waals surface area contributed by atoms with Crippen molar-refractivity contribution >= 4 is 29.0 Å². The molecule has 0 saturated carbocycles. The van der Waals surface area contributed by atoms with Gasteiger partial charge in [0.1, 0.15) is 0 Å². The number of aryl methyl sites for hydroxylation is 2. The van der Waals surface area contributed by atoms with Crippen molar-refractivity contribution in [3.05, 3.63) is 86.9 Å². The number of halogens is 1. The summed E-state index contributed by atoms with van der Waals surface area (Å²) in [5.41, 5.74) is 4.17. The number of benzene rings is 2. The Hall–Kier alpha value is -2.57. The molecule has 7 heteroatoms. The van der Waals surface area contributed by atoms with Crippen LogP contribution in [0, 0.1) is 13.8 Å². The molecule has 4 aromatic rings. The van der Waals surface area contributed by atoms with Gasteiger partial charge in [0.25, 0.3) is 0 Å². The van der Waals surface area contributed by atoms with Crippen molar-refractivity contribution in [2.24, 2.45) is 0 Å². The molecule has 136 valence electrons. The predicted octanol–water partition coefficient (Wildman–Crippen LogP) is 4.44. The van der Waals surface area contributed by atoms with E-state index in [1.165, 1.54) is 11.8 Å². The smallest absolute Gasteiger partial charge is 0.280 e. The second kappa shape index (κ2) is 7.21. The molecule has 4 rings (SSSR count). The summed E-state index contributed by atoms with van der Waals surface area (Å²) in [6, 6.07) is 13.7. The Morgan fingerprint density at radius 3 is 2.52 bits per heavy atom. The highest BCUT2D eigenvalue weighted by Gasteiger charge is 2.13. The van der Waals surface area contributed by atoms with Crippen LogP contribution in [0.25, 0.3) is 11.3 Å². The van der Waals surface area contributed by atoms with E-state index in [0.29, 0.717) is 16.6 Å². The first kappa shape index (κ1) is 17.8. The van der Waals surface area contributed by atoms with E-state index >= 15 is 0 Å². The second-order valence-corrected chi connectivity index (χ2v) is 7.73. The van der Waals surface area contributed by atoms with Crippen LogP contribution in [0.4, 0.5) is 0 Å². The van der Waals surface area contributed by atoms with Gasteiger partial charge in [-0.25, -0.2) is 0 Å². The first-order chi connectivity index (χ1) is 13.0. The van der Waals surface area contributed by atoms with Gasteiger partial charge in [-0.05, 0) is 48.7 Å². The standard InChI is InChI=1S/C20H17ClN4OS/c1-13-9-14(2)11-16(10-13)24-7-8-25-18(19(24)26)22-23-20(25)27-12-15-5-3-4-6-17(15)21/h3-11H,12H2,1-2H3. The number of hydrogen-bond acceptors (Lipinski definition) is 4. The minimum atomic E-state index is -0.195. The maximum Gasteiger partial charge on any atom is 0.300 e. The zero-order chi connectivity index (χ0) is 19.0. The van der Waals surface area contributed by atoms with Crippen LogP contribution in [-0.2, 0) is 5.75 Å². The molecule has 0 amide bonds. The van der Waals surface area contributed by atoms with Gasteiger partial charge in [0.05, 0.1) is 0 Å². The highest BCUT2D eigenvalue weighted by Crippen LogP contribution is 2.25. The third-order valence-electron chi connectivity index (χ3n) is 4.24. The molecule has 2 aromatic heterocycles. The average Bonchev–Trinajstić information content (AvgIpc) is 3.04. The highest BCUT2D eigenvalue weighted by atomic mass is 35.5. The molecule has 5 nitrogen and oxygen atoms in total. The fourth-order valence-corrected chi connectivity index (χ4v) is 4.22. The normalized spacial score (nSPS) is 11.2. The molecular weight excluding hydrogens is 380 g/mol. The van der Waals surface area contributed by atoms with Crippen molar-refractivity contribution in [3.8, 4) is 5.69 Å². The Morgan fingerprint density at radius 2 is 1.78 bits per heavy atom. The molecule has 0 N–H and O–H groups in total.